The number of hydrogen-bond donors (Lipinski definition) is 2. The molecule has 1 aromatic carbocycles. The number of rotatable bonds is 4. The highest BCUT2D eigenvalue weighted by Gasteiger charge is 2.07. The van der Waals surface area contributed by atoms with Crippen molar-refractivity contribution in [3.63, 3.8) is 0 Å². The van der Waals surface area contributed by atoms with Gasteiger partial charge in [0.2, 0.25) is 0 Å². The van der Waals surface area contributed by atoms with E-state index in [0.29, 0.717) is 17.1 Å². The van der Waals surface area contributed by atoms with Crippen LogP contribution in [0.2, 0.25) is 0 Å². The molecule has 0 aromatic heterocycles. The average Bonchev–Trinajstić information content (AvgIpc) is 2.23. The normalized spacial score (nSPS) is 11.9. The van der Waals surface area contributed by atoms with E-state index < -0.39 is 0 Å². The summed E-state index contributed by atoms with van der Waals surface area (Å²) in [5, 5.41) is 12.0. The van der Waals surface area contributed by atoms with E-state index >= 15 is 0 Å². The van der Waals surface area contributed by atoms with Crippen LogP contribution in [0.25, 0.3) is 0 Å². The van der Waals surface area contributed by atoms with Gasteiger partial charge in [-0.2, -0.15) is 0 Å². The fourth-order valence-electron chi connectivity index (χ4n) is 1.18. The minimum atomic E-state index is 0.160. The zero-order chi connectivity index (χ0) is 12.1. The van der Waals surface area contributed by atoms with E-state index in [1.54, 1.807) is 6.07 Å². The molecule has 0 atom stereocenters. The number of aryl methyl sites for hydroxylation is 1. The summed E-state index contributed by atoms with van der Waals surface area (Å²) < 4.78 is 5.49. The SMILES string of the molecule is Cc1ccc(OC/C(=N\O)C(C)C)cc1N. The standard InChI is InChI=1S/C12H18N2O2/c1-8(2)12(14-15)7-16-10-5-4-9(3)11(13)6-10/h4-6,8,15H,7,13H2,1-3H3/b14-12+. The first-order valence-corrected chi connectivity index (χ1v) is 5.24. The van der Waals surface area contributed by atoms with Gasteiger partial charge in [-0.1, -0.05) is 25.1 Å². The number of benzene rings is 1. The number of ether oxygens (including phenoxy) is 1. The molecule has 0 saturated carbocycles. The van der Waals surface area contributed by atoms with Gasteiger partial charge in [0.25, 0.3) is 0 Å². The minimum absolute atomic E-state index is 0.160. The summed E-state index contributed by atoms with van der Waals surface area (Å²) in [7, 11) is 0. The van der Waals surface area contributed by atoms with Crippen molar-refractivity contribution in [3.8, 4) is 5.75 Å². The van der Waals surface area contributed by atoms with Crippen molar-refractivity contribution in [1.82, 2.24) is 0 Å². The third-order valence-electron chi connectivity index (χ3n) is 2.43. The fourth-order valence-corrected chi connectivity index (χ4v) is 1.18. The first-order chi connectivity index (χ1) is 7.54. The number of hydrogen-bond acceptors (Lipinski definition) is 4. The van der Waals surface area contributed by atoms with Crippen molar-refractivity contribution in [3.05, 3.63) is 23.8 Å². The predicted molar refractivity (Wildman–Crippen MR) is 65.1 cm³/mol. The average molecular weight is 222 g/mol. The molecular formula is C12H18N2O2. The summed E-state index contributed by atoms with van der Waals surface area (Å²) >= 11 is 0. The van der Waals surface area contributed by atoms with Gasteiger partial charge < -0.3 is 15.7 Å². The molecule has 0 aliphatic carbocycles. The fraction of sp³-hybridized carbons (Fsp3) is 0.417. The maximum atomic E-state index is 8.76. The van der Waals surface area contributed by atoms with Gasteiger partial charge in [0.1, 0.15) is 12.4 Å². The molecule has 4 heteroatoms. The van der Waals surface area contributed by atoms with Crippen LogP contribution in [0.15, 0.2) is 23.4 Å². The van der Waals surface area contributed by atoms with Crippen LogP contribution in [0.4, 0.5) is 5.69 Å². The van der Waals surface area contributed by atoms with Crippen molar-refractivity contribution in [2.45, 2.75) is 20.8 Å². The second-order valence-corrected chi connectivity index (χ2v) is 4.05. The molecule has 0 heterocycles. The quantitative estimate of drug-likeness (QED) is 0.356. The summed E-state index contributed by atoms with van der Waals surface area (Å²) in [6, 6.07) is 5.52. The Kier molecular flexibility index (Phi) is 4.17. The first-order valence-electron chi connectivity index (χ1n) is 5.24. The molecule has 0 amide bonds. The first kappa shape index (κ1) is 12.4. The number of nitrogen functional groups attached to an aromatic ring is 1. The third-order valence-corrected chi connectivity index (χ3v) is 2.43. The molecule has 0 unspecified atom stereocenters. The Morgan fingerprint density at radius 2 is 2.19 bits per heavy atom. The summed E-state index contributed by atoms with van der Waals surface area (Å²) in [5.41, 5.74) is 8.09. The number of oxime groups is 1. The maximum absolute atomic E-state index is 8.76. The van der Waals surface area contributed by atoms with Gasteiger partial charge >= 0.3 is 0 Å². The van der Waals surface area contributed by atoms with Gasteiger partial charge in [-0.05, 0) is 24.5 Å². The van der Waals surface area contributed by atoms with E-state index in [4.69, 9.17) is 15.7 Å². The van der Waals surface area contributed by atoms with Gasteiger partial charge in [0, 0.05) is 11.8 Å². The Labute approximate surface area is 95.7 Å². The topological polar surface area (TPSA) is 67.8 Å². The monoisotopic (exact) mass is 222 g/mol. The van der Waals surface area contributed by atoms with Crippen LogP contribution in [-0.4, -0.2) is 17.5 Å². The van der Waals surface area contributed by atoms with Gasteiger partial charge in [-0.25, -0.2) is 0 Å². The molecule has 0 bridgehead atoms. The smallest absolute Gasteiger partial charge is 0.130 e. The third kappa shape index (κ3) is 3.15. The van der Waals surface area contributed by atoms with Gasteiger partial charge in [-0.3, -0.25) is 0 Å². The van der Waals surface area contributed by atoms with Gasteiger partial charge in [-0.15, -0.1) is 0 Å². The van der Waals surface area contributed by atoms with E-state index in [1.807, 2.05) is 32.9 Å². The van der Waals surface area contributed by atoms with Crippen LogP contribution >= 0.6 is 0 Å². The van der Waals surface area contributed by atoms with Crippen LogP contribution in [0, 0.1) is 12.8 Å². The van der Waals surface area contributed by atoms with E-state index in [-0.39, 0.29) is 12.5 Å². The van der Waals surface area contributed by atoms with Crippen molar-refractivity contribution < 1.29 is 9.94 Å². The molecule has 3 N–H and O–H groups in total. The second kappa shape index (κ2) is 5.39. The Hall–Kier alpha value is -1.71. The summed E-state index contributed by atoms with van der Waals surface area (Å²) in [5.74, 6) is 0.845. The van der Waals surface area contributed by atoms with Crippen LogP contribution in [-0.2, 0) is 0 Å². The summed E-state index contributed by atoms with van der Waals surface area (Å²) in [6.07, 6.45) is 0. The molecule has 0 radical (unpaired) electrons. The van der Waals surface area contributed by atoms with E-state index in [9.17, 15) is 0 Å². The highest BCUT2D eigenvalue weighted by Crippen LogP contribution is 2.19. The lowest BCUT2D eigenvalue weighted by atomic mass is 10.1. The highest BCUT2D eigenvalue weighted by atomic mass is 16.5. The largest absolute Gasteiger partial charge is 0.487 e. The molecule has 88 valence electrons. The zero-order valence-electron chi connectivity index (χ0n) is 9.90. The molecule has 0 spiro atoms. The van der Waals surface area contributed by atoms with Crippen molar-refractivity contribution in [2.75, 3.05) is 12.3 Å². The van der Waals surface area contributed by atoms with E-state index in [2.05, 4.69) is 5.16 Å². The number of nitrogens with two attached hydrogens (primary N) is 1. The molecule has 0 aliphatic heterocycles. The minimum Gasteiger partial charge on any atom is -0.487 e. The highest BCUT2D eigenvalue weighted by molar-refractivity contribution is 5.87. The van der Waals surface area contributed by atoms with Crippen molar-refractivity contribution >= 4 is 11.4 Å². The molecule has 1 rings (SSSR count). The molecular weight excluding hydrogens is 204 g/mol. The lowest BCUT2D eigenvalue weighted by Gasteiger charge is -2.11. The molecule has 16 heavy (non-hydrogen) atoms. The van der Waals surface area contributed by atoms with E-state index in [0.717, 1.165) is 5.56 Å². The maximum Gasteiger partial charge on any atom is 0.130 e. The molecule has 0 saturated heterocycles. The molecule has 4 nitrogen and oxygen atoms in total. The van der Waals surface area contributed by atoms with Crippen molar-refractivity contribution in [2.24, 2.45) is 11.1 Å². The summed E-state index contributed by atoms with van der Waals surface area (Å²) in [6.45, 7) is 6.11. The Morgan fingerprint density at radius 3 is 2.69 bits per heavy atom. The Morgan fingerprint density at radius 1 is 1.50 bits per heavy atom. The van der Waals surface area contributed by atoms with Crippen LogP contribution < -0.4 is 10.5 Å². The Balaban J connectivity index is 2.64. The number of anilines is 1. The van der Waals surface area contributed by atoms with Crippen LogP contribution in [0.3, 0.4) is 0 Å². The molecule has 0 aliphatic rings. The second-order valence-electron chi connectivity index (χ2n) is 4.05. The predicted octanol–water partition coefficient (Wildman–Crippen LogP) is 2.44. The zero-order valence-corrected chi connectivity index (χ0v) is 9.90. The van der Waals surface area contributed by atoms with E-state index in [1.165, 1.54) is 0 Å². The molecule has 0 fully saturated rings. The van der Waals surface area contributed by atoms with Crippen LogP contribution in [0.5, 0.6) is 5.75 Å². The van der Waals surface area contributed by atoms with Crippen molar-refractivity contribution in [1.29, 1.82) is 0 Å². The lowest BCUT2D eigenvalue weighted by Crippen LogP contribution is -2.17. The number of nitrogens with zero attached hydrogens (tertiary/aromatic N) is 1. The lowest BCUT2D eigenvalue weighted by molar-refractivity contribution is 0.302. The Bertz CT molecular complexity index is 387. The van der Waals surface area contributed by atoms with Gasteiger partial charge in [0.05, 0.1) is 5.71 Å². The van der Waals surface area contributed by atoms with Gasteiger partial charge in [0.15, 0.2) is 0 Å². The summed E-state index contributed by atoms with van der Waals surface area (Å²) in [4.78, 5) is 0. The molecule has 1 aromatic rings. The van der Waals surface area contributed by atoms with Crippen LogP contribution in [0.1, 0.15) is 19.4 Å².